The molecule has 2 aromatic rings. The third kappa shape index (κ3) is 7.94. The van der Waals surface area contributed by atoms with Crippen LogP contribution in [0.5, 0.6) is 0 Å². The number of unbranched alkanes of at least 4 members (excludes halogenated alkanes) is 6. The molecule has 0 aromatic heterocycles. The summed E-state index contributed by atoms with van der Waals surface area (Å²) in [6, 6.07) is 15.6. The summed E-state index contributed by atoms with van der Waals surface area (Å²) >= 11 is 0. The lowest BCUT2D eigenvalue weighted by molar-refractivity contribution is 0.0488. The van der Waals surface area contributed by atoms with Crippen molar-refractivity contribution >= 4 is 11.9 Å². The Hall–Kier alpha value is -2.62. The van der Waals surface area contributed by atoms with Gasteiger partial charge in [-0.25, -0.2) is 9.59 Å². The van der Waals surface area contributed by atoms with Crippen LogP contribution in [0.25, 0.3) is 0 Å². The van der Waals surface area contributed by atoms with Gasteiger partial charge in [0.05, 0.1) is 24.3 Å². The fourth-order valence-corrected chi connectivity index (χ4v) is 4.32. The third-order valence-electron chi connectivity index (χ3n) is 7.71. The summed E-state index contributed by atoms with van der Waals surface area (Å²) in [5, 5.41) is 0. The fourth-order valence-electron chi connectivity index (χ4n) is 4.32. The molecule has 0 atom stereocenters. The molecular formula is C32H46O4. The van der Waals surface area contributed by atoms with Gasteiger partial charge in [0.1, 0.15) is 0 Å². The molecule has 0 aliphatic carbocycles. The first-order valence-corrected chi connectivity index (χ1v) is 13.7. The highest BCUT2D eigenvalue weighted by molar-refractivity contribution is 5.90. The number of benzene rings is 2. The van der Waals surface area contributed by atoms with Gasteiger partial charge in [0, 0.05) is 0 Å². The van der Waals surface area contributed by atoms with Crippen LogP contribution in [-0.2, 0) is 20.3 Å². The molecule has 0 bridgehead atoms. The molecule has 2 aromatic carbocycles. The molecule has 0 aliphatic heterocycles. The fraction of sp³-hybridized carbons (Fsp3) is 0.562. The third-order valence-corrected chi connectivity index (χ3v) is 7.71. The van der Waals surface area contributed by atoms with Gasteiger partial charge < -0.3 is 9.47 Å². The maximum atomic E-state index is 12.4. The summed E-state index contributed by atoms with van der Waals surface area (Å²) in [4.78, 5) is 24.8. The van der Waals surface area contributed by atoms with E-state index in [2.05, 4.69) is 41.5 Å². The average Bonchev–Trinajstić information content (AvgIpc) is 2.88. The van der Waals surface area contributed by atoms with Crippen molar-refractivity contribution in [3.05, 3.63) is 70.8 Å². The van der Waals surface area contributed by atoms with Crippen LogP contribution < -0.4 is 0 Å². The van der Waals surface area contributed by atoms with E-state index < -0.39 is 0 Å². The first kappa shape index (κ1) is 29.6. The van der Waals surface area contributed by atoms with E-state index in [-0.39, 0.29) is 22.8 Å². The topological polar surface area (TPSA) is 52.6 Å². The van der Waals surface area contributed by atoms with Crippen molar-refractivity contribution in [2.75, 3.05) is 13.2 Å². The predicted molar refractivity (Wildman–Crippen MR) is 148 cm³/mol. The molecule has 4 nitrogen and oxygen atoms in total. The highest BCUT2D eigenvalue weighted by Crippen LogP contribution is 2.43. The smallest absolute Gasteiger partial charge is 0.338 e. The van der Waals surface area contributed by atoms with Gasteiger partial charge in [-0.05, 0) is 59.1 Å². The molecule has 0 saturated heterocycles. The number of ether oxygens (including phenoxy) is 2. The highest BCUT2D eigenvalue weighted by atomic mass is 16.5. The van der Waals surface area contributed by atoms with Crippen LogP contribution in [-0.4, -0.2) is 25.2 Å². The largest absolute Gasteiger partial charge is 0.462 e. The maximum Gasteiger partial charge on any atom is 0.338 e. The summed E-state index contributed by atoms with van der Waals surface area (Å²) in [6.45, 7) is 14.1. The normalized spacial score (nSPS) is 11.8. The first-order chi connectivity index (χ1) is 17.1. The molecule has 0 spiro atoms. The summed E-state index contributed by atoms with van der Waals surface area (Å²) in [7, 11) is 0. The minimum atomic E-state index is -0.261. The Balaban J connectivity index is 2.03. The average molecular weight is 495 g/mol. The summed E-state index contributed by atoms with van der Waals surface area (Å²) < 4.78 is 10.9. The van der Waals surface area contributed by atoms with Gasteiger partial charge in [0.25, 0.3) is 0 Å². The Morgan fingerprint density at radius 2 is 0.889 bits per heavy atom. The van der Waals surface area contributed by atoms with Crippen molar-refractivity contribution in [2.24, 2.45) is 0 Å². The lowest BCUT2D eigenvalue weighted by Gasteiger charge is -2.43. The van der Waals surface area contributed by atoms with Crippen LogP contribution in [0, 0.1) is 0 Å². The second-order valence-corrected chi connectivity index (χ2v) is 10.8. The highest BCUT2D eigenvalue weighted by Gasteiger charge is 2.39. The second-order valence-electron chi connectivity index (χ2n) is 10.8. The van der Waals surface area contributed by atoms with Crippen molar-refractivity contribution in [3.8, 4) is 0 Å². The van der Waals surface area contributed by atoms with Gasteiger partial charge in [0.15, 0.2) is 0 Å². The number of rotatable bonds is 15. The van der Waals surface area contributed by atoms with Crippen LogP contribution in [0.4, 0.5) is 0 Å². The van der Waals surface area contributed by atoms with Gasteiger partial charge >= 0.3 is 11.9 Å². The van der Waals surface area contributed by atoms with Gasteiger partial charge in [-0.3, -0.25) is 0 Å². The molecular weight excluding hydrogens is 448 g/mol. The Labute approximate surface area is 218 Å². The zero-order chi connectivity index (χ0) is 26.6. The molecule has 36 heavy (non-hydrogen) atoms. The SMILES string of the molecule is CCCCCCOC(=O)c1ccc(C(C)(C)C(C)(C)c2ccc(C(=O)OCCCCCC)cc2)cc1. The molecule has 0 aliphatic rings. The van der Waals surface area contributed by atoms with E-state index in [0.717, 1.165) is 49.7 Å². The molecule has 0 heterocycles. The van der Waals surface area contributed by atoms with E-state index in [1.165, 1.54) is 12.8 Å². The molecule has 0 saturated carbocycles. The number of hydrogen-bond donors (Lipinski definition) is 0. The number of carbonyl (C=O) groups excluding carboxylic acids is 2. The van der Waals surface area contributed by atoms with Gasteiger partial charge in [-0.2, -0.15) is 0 Å². The molecule has 0 fully saturated rings. The van der Waals surface area contributed by atoms with Gasteiger partial charge in [-0.1, -0.05) is 104 Å². The molecule has 0 amide bonds. The minimum absolute atomic E-state index is 0.225. The van der Waals surface area contributed by atoms with Gasteiger partial charge in [-0.15, -0.1) is 0 Å². The van der Waals surface area contributed by atoms with Crippen molar-refractivity contribution in [2.45, 2.75) is 104 Å². The van der Waals surface area contributed by atoms with Crippen molar-refractivity contribution in [1.82, 2.24) is 0 Å². The molecule has 198 valence electrons. The van der Waals surface area contributed by atoms with E-state index in [1.807, 2.05) is 48.5 Å². The van der Waals surface area contributed by atoms with Crippen molar-refractivity contribution in [3.63, 3.8) is 0 Å². The summed E-state index contributed by atoms with van der Waals surface area (Å²) in [5.74, 6) is -0.522. The zero-order valence-corrected chi connectivity index (χ0v) is 23.3. The van der Waals surface area contributed by atoms with Crippen LogP contribution in [0.15, 0.2) is 48.5 Å². The van der Waals surface area contributed by atoms with Crippen LogP contribution >= 0.6 is 0 Å². The Kier molecular flexibility index (Phi) is 11.7. The molecule has 0 radical (unpaired) electrons. The maximum absolute atomic E-state index is 12.4. The van der Waals surface area contributed by atoms with Gasteiger partial charge in [0.2, 0.25) is 0 Å². The van der Waals surface area contributed by atoms with Crippen molar-refractivity contribution < 1.29 is 19.1 Å². The van der Waals surface area contributed by atoms with E-state index >= 15 is 0 Å². The van der Waals surface area contributed by atoms with E-state index in [9.17, 15) is 9.59 Å². The minimum Gasteiger partial charge on any atom is -0.462 e. The summed E-state index contributed by atoms with van der Waals surface area (Å²) in [6.07, 6.45) is 8.67. The number of esters is 2. The van der Waals surface area contributed by atoms with Crippen LogP contribution in [0.1, 0.15) is 125 Å². The molecule has 2 rings (SSSR count). The Bertz CT molecular complexity index is 860. The molecule has 0 N–H and O–H groups in total. The number of carbonyl (C=O) groups is 2. The Morgan fingerprint density at radius 1 is 0.556 bits per heavy atom. The monoisotopic (exact) mass is 494 g/mol. The zero-order valence-electron chi connectivity index (χ0n) is 23.3. The number of hydrogen-bond acceptors (Lipinski definition) is 4. The summed E-state index contributed by atoms with van der Waals surface area (Å²) in [5.41, 5.74) is 3.00. The van der Waals surface area contributed by atoms with Crippen molar-refractivity contribution in [1.29, 1.82) is 0 Å². The van der Waals surface area contributed by atoms with Crippen LogP contribution in [0.3, 0.4) is 0 Å². The lowest BCUT2D eigenvalue weighted by atomic mass is 9.61. The first-order valence-electron chi connectivity index (χ1n) is 13.7. The van der Waals surface area contributed by atoms with Crippen LogP contribution in [0.2, 0.25) is 0 Å². The Morgan fingerprint density at radius 3 is 1.19 bits per heavy atom. The van der Waals surface area contributed by atoms with E-state index in [0.29, 0.717) is 24.3 Å². The standard InChI is InChI=1S/C32H46O4/c1-7-9-11-13-23-35-29(33)25-15-19-27(20-16-25)31(3,4)32(5,6)28-21-17-26(18-22-28)30(34)36-24-14-12-10-8-2/h15-22H,7-14,23-24H2,1-6H3. The quantitative estimate of drug-likeness (QED) is 0.184. The van der Waals surface area contributed by atoms with E-state index in [4.69, 9.17) is 9.47 Å². The molecule has 0 unspecified atom stereocenters. The predicted octanol–water partition coefficient (Wildman–Crippen LogP) is 8.42. The lowest BCUT2D eigenvalue weighted by Crippen LogP contribution is -2.40. The molecule has 4 heteroatoms. The second kappa shape index (κ2) is 14.2. The van der Waals surface area contributed by atoms with E-state index in [1.54, 1.807) is 0 Å².